The van der Waals surface area contributed by atoms with E-state index in [-0.39, 0.29) is 16.4 Å². The van der Waals surface area contributed by atoms with Crippen molar-refractivity contribution in [2.75, 3.05) is 19.1 Å². The summed E-state index contributed by atoms with van der Waals surface area (Å²) in [5.74, 6) is -0.292. The Labute approximate surface area is 177 Å². The van der Waals surface area contributed by atoms with Gasteiger partial charge in [-0.3, -0.25) is 9.63 Å². The molecule has 0 aromatic heterocycles. The Bertz CT molecular complexity index is 1110. The number of hydrogen-bond acceptors (Lipinski definition) is 4. The van der Waals surface area contributed by atoms with Crippen molar-refractivity contribution in [3.8, 4) is 0 Å². The van der Waals surface area contributed by atoms with Crippen molar-refractivity contribution in [1.29, 1.82) is 0 Å². The van der Waals surface area contributed by atoms with E-state index in [4.69, 9.17) is 4.84 Å². The standard InChI is InChI=1S/C23H24N2O4S/c1-18-12-14-21(15-13-18)25(17-19-8-5-4-6-9-19)23(26)20-10-7-11-22(16-20)30(27,28)24(2)29-3/h4-16H,17H2,1-3H3. The maximum absolute atomic E-state index is 13.4. The van der Waals surface area contributed by atoms with Crippen LogP contribution in [0, 0.1) is 6.92 Å². The van der Waals surface area contributed by atoms with Gasteiger partial charge in [0.15, 0.2) is 0 Å². The third-order valence-corrected chi connectivity index (χ3v) is 6.42. The summed E-state index contributed by atoms with van der Waals surface area (Å²) in [7, 11) is -1.29. The van der Waals surface area contributed by atoms with Crippen molar-refractivity contribution >= 4 is 21.6 Å². The number of amides is 1. The predicted molar refractivity (Wildman–Crippen MR) is 117 cm³/mol. The maximum atomic E-state index is 13.4. The zero-order valence-electron chi connectivity index (χ0n) is 17.1. The van der Waals surface area contributed by atoms with Crippen molar-refractivity contribution in [1.82, 2.24) is 4.47 Å². The molecule has 0 fully saturated rings. The Hall–Kier alpha value is -3.00. The first kappa shape index (κ1) is 21.7. The van der Waals surface area contributed by atoms with Crippen LogP contribution in [0.1, 0.15) is 21.5 Å². The van der Waals surface area contributed by atoms with Gasteiger partial charge < -0.3 is 4.90 Å². The van der Waals surface area contributed by atoms with E-state index < -0.39 is 10.0 Å². The fourth-order valence-electron chi connectivity index (χ4n) is 2.96. The van der Waals surface area contributed by atoms with Crippen LogP contribution in [0.25, 0.3) is 0 Å². The fourth-order valence-corrected chi connectivity index (χ4v) is 3.98. The molecule has 0 aliphatic heterocycles. The molecular weight excluding hydrogens is 400 g/mol. The zero-order valence-corrected chi connectivity index (χ0v) is 18.0. The van der Waals surface area contributed by atoms with Crippen LogP contribution in [0.3, 0.4) is 0 Å². The molecule has 156 valence electrons. The van der Waals surface area contributed by atoms with E-state index in [1.165, 1.54) is 26.3 Å². The van der Waals surface area contributed by atoms with Crippen molar-refractivity contribution in [3.05, 3.63) is 95.6 Å². The van der Waals surface area contributed by atoms with E-state index in [0.717, 1.165) is 21.3 Å². The van der Waals surface area contributed by atoms with E-state index in [9.17, 15) is 13.2 Å². The number of anilines is 1. The lowest BCUT2D eigenvalue weighted by Gasteiger charge is -2.24. The monoisotopic (exact) mass is 424 g/mol. The molecule has 3 aromatic carbocycles. The van der Waals surface area contributed by atoms with Gasteiger partial charge in [-0.25, -0.2) is 8.42 Å². The Balaban J connectivity index is 2.01. The molecule has 0 atom stereocenters. The fraction of sp³-hybridized carbons (Fsp3) is 0.174. The SMILES string of the molecule is CON(C)S(=O)(=O)c1cccc(C(=O)N(Cc2ccccc2)c2ccc(C)cc2)c1. The van der Waals surface area contributed by atoms with Crippen LogP contribution >= 0.6 is 0 Å². The summed E-state index contributed by atoms with van der Waals surface area (Å²) < 4.78 is 25.9. The summed E-state index contributed by atoms with van der Waals surface area (Å²) in [4.78, 5) is 19.9. The van der Waals surface area contributed by atoms with Gasteiger partial charge in [0, 0.05) is 18.3 Å². The number of hydrogen-bond donors (Lipinski definition) is 0. The van der Waals surface area contributed by atoms with Crippen LogP contribution in [-0.4, -0.2) is 33.0 Å². The summed E-state index contributed by atoms with van der Waals surface area (Å²) in [5, 5.41) is 0. The summed E-state index contributed by atoms with van der Waals surface area (Å²) in [5.41, 5.74) is 3.06. The number of carbonyl (C=O) groups is 1. The molecule has 0 heterocycles. The molecule has 1 amide bonds. The van der Waals surface area contributed by atoms with Gasteiger partial charge in [0.1, 0.15) is 0 Å². The first-order valence-corrected chi connectivity index (χ1v) is 10.8. The Morgan fingerprint density at radius 3 is 2.23 bits per heavy atom. The zero-order chi connectivity index (χ0) is 21.7. The van der Waals surface area contributed by atoms with Gasteiger partial charge in [0.2, 0.25) is 0 Å². The number of benzene rings is 3. The Kier molecular flexibility index (Phi) is 6.66. The van der Waals surface area contributed by atoms with E-state index >= 15 is 0 Å². The molecule has 0 aliphatic rings. The summed E-state index contributed by atoms with van der Waals surface area (Å²) in [6.07, 6.45) is 0. The molecule has 0 N–H and O–H groups in total. The predicted octanol–water partition coefficient (Wildman–Crippen LogP) is 4.02. The quantitative estimate of drug-likeness (QED) is 0.537. The van der Waals surface area contributed by atoms with Gasteiger partial charge in [-0.15, -0.1) is 0 Å². The third-order valence-electron chi connectivity index (χ3n) is 4.75. The second-order valence-corrected chi connectivity index (χ2v) is 8.77. The largest absolute Gasteiger partial charge is 0.304 e. The highest BCUT2D eigenvalue weighted by Gasteiger charge is 2.24. The van der Waals surface area contributed by atoms with Crippen LogP contribution in [-0.2, 0) is 21.4 Å². The van der Waals surface area contributed by atoms with Crippen molar-refractivity contribution in [2.24, 2.45) is 0 Å². The Morgan fingerprint density at radius 2 is 1.60 bits per heavy atom. The lowest BCUT2D eigenvalue weighted by molar-refractivity contribution is -0.0258. The van der Waals surface area contributed by atoms with E-state index in [1.54, 1.807) is 17.0 Å². The summed E-state index contributed by atoms with van der Waals surface area (Å²) >= 11 is 0. The highest BCUT2D eigenvalue weighted by Crippen LogP contribution is 2.23. The molecule has 0 saturated carbocycles. The smallest absolute Gasteiger partial charge is 0.264 e. The van der Waals surface area contributed by atoms with Gasteiger partial charge in [-0.2, -0.15) is 0 Å². The van der Waals surface area contributed by atoms with Crippen molar-refractivity contribution < 1.29 is 18.0 Å². The van der Waals surface area contributed by atoms with Gasteiger partial charge >= 0.3 is 0 Å². The van der Waals surface area contributed by atoms with Gasteiger partial charge in [-0.1, -0.05) is 58.6 Å². The van der Waals surface area contributed by atoms with E-state index in [2.05, 4.69) is 0 Å². The highest BCUT2D eigenvalue weighted by atomic mass is 32.2. The lowest BCUT2D eigenvalue weighted by Crippen LogP contribution is -2.31. The molecule has 6 nitrogen and oxygen atoms in total. The molecule has 30 heavy (non-hydrogen) atoms. The number of aryl methyl sites for hydroxylation is 1. The number of rotatable bonds is 7. The first-order chi connectivity index (χ1) is 14.3. The van der Waals surface area contributed by atoms with E-state index in [1.807, 2.05) is 61.5 Å². The van der Waals surface area contributed by atoms with Gasteiger partial charge in [-0.05, 0) is 42.8 Å². The average molecular weight is 425 g/mol. The van der Waals surface area contributed by atoms with Crippen LogP contribution < -0.4 is 4.90 Å². The van der Waals surface area contributed by atoms with Crippen LogP contribution in [0.5, 0.6) is 0 Å². The lowest BCUT2D eigenvalue weighted by atomic mass is 10.1. The maximum Gasteiger partial charge on any atom is 0.264 e. The van der Waals surface area contributed by atoms with Gasteiger partial charge in [0.05, 0.1) is 18.6 Å². The first-order valence-electron chi connectivity index (χ1n) is 9.38. The minimum Gasteiger partial charge on any atom is -0.304 e. The minimum atomic E-state index is -3.86. The number of nitrogens with zero attached hydrogens (tertiary/aromatic N) is 2. The minimum absolute atomic E-state index is 0.0127. The average Bonchev–Trinajstić information content (AvgIpc) is 2.78. The Morgan fingerprint density at radius 1 is 0.933 bits per heavy atom. The normalized spacial score (nSPS) is 11.5. The molecule has 7 heteroatoms. The van der Waals surface area contributed by atoms with E-state index in [0.29, 0.717) is 6.54 Å². The summed E-state index contributed by atoms with van der Waals surface area (Å²) in [6.45, 7) is 2.34. The van der Waals surface area contributed by atoms with Crippen LogP contribution in [0.2, 0.25) is 0 Å². The van der Waals surface area contributed by atoms with Crippen LogP contribution in [0.15, 0.2) is 83.8 Å². The molecule has 0 bridgehead atoms. The molecule has 0 spiro atoms. The number of sulfonamides is 1. The molecule has 0 radical (unpaired) electrons. The molecular formula is C23H24N2O4S. The number of hydroxylamine groups is 1. The topological polar surface area (TPSA) is 66.9 Å². The highest BCUT2D eigenvalue weighted by molar-refractivity contribution is 7.89. The molecule has 0 saturated heterocycles. The van der Waals surface area contributed by atoms with Crippen LogP contribution in [0.4, 0.5) is 5.69 Å². The van der Waals surface area contributed by atoms with Crippen molar-refractivity contribution in [3.63, 3.8) is 0 Å². The molecule has 0 unspecified atom stereocenters. The number of carbonyl (C=O) groups excluding carboxylic acids is 1. The second-order valence-electron chi connectivity index (χ2n) is 6.84. The second kappa shape index (κ2) is 9.21. The molecule has 3 rings (SSSR count). The van der Waals surface area contributed by atoms with Gasteiger partial charge in [0.25, 0.3) is 15.9 Å². The third kappa shape index (κ3) is 4.76. The molecule has 3 aromatic rings. The van der Waals surface area contributed by atoms with Crippen molar-refractivity contribution in [2.45, 2.75) is 18.4 Å². The summed E-state index contributed by atoms with van der Waals surface area (Å²) in [6, 6.07) is 23.3. The molecule has 0 aliphatic carbocycles.